The minimum Gasteiger partial charge on any atom is -0.494 e. The minimum atomic E-state index is -0.696. The molecule has 1 saturated heterocycles. The summed E-state index contributed by atoms with van der Waals surface area (Å²) in [7, 11) is 0. The molecule has 0 aliphatic carbocycles. The number of hydrogen-bond acceptors (Lipinski definition) is 9. The standard InChI is InChI=1S/C24H18N4O4S3/c1-14-17(11-25)21(30)28(13-15-4-2-7-26-12-15)23(32)20(14)18(29)6-8-27-22(31)19(35-24(27)33)10-16-5-3-9-34-16/h2-5,7,9-10,12,32H,6,8,13H2,1H3/b19-10-. The molecule has 11 heteroatoms. The van der Waals surface area contributed by atoms with E-state index in [9.17, 15) is 24.8 Å². The van der Waals surface area contributed by atoms with E-state index in [4.69, 9.17) is 12.2 Å². The summed E-state index contributed by atoms with van der Waals surface area (Å²) in [6, 6.07) is 9.01. The molecule has 3 aromatic heterocycles. The maximum atomic E-state index is 13.2. The first-order valence-corrected chi connectivity index (χ1v) is 12.5. The Morgan fingerprint density at radius 1 is 1.31 bits per heavy atom. The smallest absolute Gasteiger partial charge is 0.271 e. The van der Waals surface area contributed by atoms with Gasteiger partial charge in [0.15, 0.2) is 5.78 Å². The van der Waals surface area contributed by atoms with Crippen molar-refractivity contribution in [1.29, 1.82) is 5.26 Å². The summed E-state index contributed by atoms with van der Waals surface area (Å²) in [6.45, 7) is 1.40. The fourth-order valence-corrected chi connectivity index (χ4v) is 5.67. The number of carbonyl (C=O) groups is 2. The Bertz CT molecular complexity index is 1450. The molecular formula is C24H18N4O4S3. The number of carbonyl (C=O) groups excluding carboxylic acids is 2. The number of aromatic nitrogens is 2. The predicted octanol–water partition coefficient (Wildman–Crippen LogP) is 3.71. The third-order valence-corrected chi connectivity index (χ3v) is 7.59. The highest BCUT2D eigenvalue weighted by atomic mass is 32.2. The van der Waals surface area contributed by atoms with Crippen molar-refractivity contribution < 1.29 is 14.7 Å². The van der Waals surface area contributed by atoms with Gasteiger partial charge in [-0.05, 0) is 41.6 Å². The molecule has 4 heterocycles. The van der Waals surface area contributed by atoms with Crippen molar-refractivity contribution in [3.63, 3.8) is 0 Å². The van der Waals surface area contributed by atoms with Gasteiger partial charge in [0, 0.05) is 30.2 Å². The van der Waals surface area contributed by atoms with Crippen molar-refractivity contribution in [2.75, 3.05) is 6.54 Å². The van der Waals surface area contributed by atoms with Crippen molar-refractivity contribution in [3.8, 4) is 11.9 Å². The highest BCUT2D eigenvalue weighted by Crippen LogP contribution is 2.34. The lowest BCUT2D eigenvalue weighted by Gasteiger charge is -2.17. The Balaban J connectivity index is 1.59. The number of aromatic hydroxyl groups is 1. The van der Waals surface area contributed by atoms with Crippen LogP contribution in [-0.4, -0.2) is 42.1 Å². The van der Waals surface area contributed by atoms with Crippen molar-refractivity contribution in [3.05, 3.63) is 84.4 Å². The maximum absolute atomic E-state index is 13.2. The van der Waals surface area contributed by atoms with Crippen LogP contribution in [0.15, 0.2) is 51.7 Å². The minimum absolute atomic E-state index is 0.00772. The third-order valence-electron chi connectivity index (χ3n) is 5.40. The highest BCUT2D eigenvalue weighted by molar-refractivity contribution is 8.26. The van der Waals surface area contributed by atoms with E-state index in [2.05, 4.69) is 4.98 Å². The van der Waals surface area contributed by atoms with E-state index in [1.165, 1.54) is 41.1 Å². The molecule has 35 heavy (non-hydrogen) atoms. The Morgan fingerprint density at radius 3 is 2.77 bits per heavy atom. The summed E-state index contributed by atoms with van der Waals surface area (Å²) in [5.74, 6) is -1.32. The van der Waals surface area contributed by atoms with E-state index in [1.54, 1.807) is 24.4 Å². The number of thioether (sulfide) groups is 1. The van der Waals surface area contributed by atoms with Gasteiger partial charge in [0.05, 0.1) is 17.0 Å². The number of thiophene rings is 1. The quantitative estimate of drug-likeness (QED) is 0.284. The Hall–Kier alpha value is -3.59. The average Bonchev–Trinajstić information content (AvgIpc) is 3.44. The van der Waals surface area contributed by atoms with Crippen LogP contribution in [0.2, 0.25) is 0 Å². The molecule has 0 unspecified atom stereocenters. The average molecular weight is 523 g/mol. The molecule has 0 aromatic carbocycles. The van der Waals surface area contributed by atoms with Crippen molar-refractivity contribution >= 4 is 57.4 Å². The second-order valence-electron chi connectivity index (χ2n) is 7.58. The summed E-state index contributed by atoms with van der Waals surface area (Å²) < 4.78 is 1.32. The molecule has 176 valence electrons. The fraction of sp³-hybridized carbons (Fsp3) is 0.167. The number of Topliss-reactive ketones (excluding diaryl/α,β-unsaturated/α-hetero) is 1. The highest BCUT2D eigenvalue weighted by Gasteiger charge is 2.33. The SMILES string of the molecule is Cc1c(C(=O)CCN2C(=O)/C(=C/c3cccs3)SC2=S)c(O)n(Cc2cccnc2)c(=O)c1C#N. The van der Waals surface area contributed by atoms with Crippen molar-refractivity contribution in [1.82, 2.24) is 14.5 Å². The third kappa shape index (κ3) is 4.95. The van der Waals surface area contributed by atoms with Crippen LogP contribution in [0.25, 0.3) is 6.08 Å². The molecule has 4 rings (SSSR count). The molecule has 1 aliphatic rings. The molecule has 8 nitrogen and oxygen atoms in total. The number of nitrogens with zero attached hydrogens (tertiary/aromatic N) is 4. The van der Waals surface area contributed by atoms with Crippen LogP contribution in [0.4, 0.5) is 0 Å². The van der Waals surface area contributed by atoms with E-state index < -0.39 is 17.2 Å². The molecule has 3 aromatic rings. The van der Waals surface area contributed by atoms with Gasteiger partial charge in [0.1, 0.15) is 16.0 Å². The van der Waals surface area contributed by atoms with Gasteiger partial charge in [0.2, 0.25) is 5.88 Å². The van der Waals surface area contributed by atoms with E-state index >= 15 is 0 Å². The zero-order valence-corrected chi connectivity index (χ0v) is 20.9. The van der Waals surface area contributed by atoms with Gasteiger partial charge in [-0.2, -0.15) is 5.26 Å². The van der Waals surface area contributed by atoms with Crippen LogP contribution in [0, 0.1) is 18.3 Å². The normalized spacial score (nSPS) is 14.5. The lowest BCUT2D eigenvalue weighted by atomic mass is 9.99. The van der Waals surface area contributed by atoms with Crippen LogP contribution >= 0.6 is 35.3 Å². The summed E-state index contributed by atoms with van der Waals surface area (Å²) in [5, 5.41) is 22.3. The van der Waals surface area contributed by atoms with Crippen molar-refractivity contribution in [2.24, 2.45) is 0 Å². The van der Waals surface area contributed by atoms with E-state index in [0.717, 1.165) is 9.44 Å². The molecule has 1 N–H and O–H groups in total. The number of hydrogen-bond donors (Lipinski definition) is 1. The number of amides is 1. The Labute approximate surface area is 214 Å². The lowest BCUT2D eigenvalue weighted by molar-refractivity contribution is -0.122. The largest absolute Gasteiger partial charge is 0.494 e. The number of thiocarbonyl (C=S) groups is 1. The number of ketones is 1. The predicted molar refractivity (Wildman–Crippen MR) is 138 cm³/mol. The lowest BCUT2D eigenvalue weighted by Crippen LogP contribution is -2.31. The van der Waals surface area contributed by atoms with Crippen LogP contribution < -0.4 is 5.56 Å². The second kappa shape index (κ2) is 10.4. The number of nitriles is 1. The molecule has 1 aliphatic heterocycles. The summed E-state index contributed by atoms with van der Waals surface area (Å²) >= 11 is 8.00. The fourth-order valence-electron chi connectivity index (χ4n) is 3.64. The van der Waals surface area contributed by atoms with Gasteiger partial charge >= 0.3 is 0 Å². The topological polar surface area (TPSA) is 116 Å². The molecule has 0 saturated carbocycles. The van der Waals surface area contributed by atoms with Gasteiger partial charge in [-0.3, -0.25) is 28.8 Å². The summed E-state index contributed by atoms with van der Waals surface area (Å²) in [4.78, 5) is 45.5. The van der Waals surface area contributed by atoms with Gasteiger partial charge in [0.25, 0.3) is 11.5 Å². The first-order valence-electron chi connectivity index (χ1n) is 10.4. The first kappa shape index (κ1) is 24.5. The van der Waals surface area contributed by atoms with Crippen LogP contribution in [0.1, 0.15) is 38.3 Å². The van der Waals surface area contributed by atoms with Gasteiger partial charge in [-0.15, -0.1) is 11.3 Å². The molecule has 0 atom stereocenters. The second-order valence-corrected chi connectivity index (χ2v) is 10.2. The number of rotatable bonds is 7. The molecule has 0 spiro atoms. The van der Waals surface area contributed by atoms with E-state index in [-0.39, 0.29) is 42.1 Å². The molecule has 0 radical (unpaired) electrons. The first-order chi connectivity index (χ1) is 16.8. The summed E-state index contributed by atoms with van der Waals surface area (Å²) in [6.07, 6.45) is 4.71. The van der Waals surface area contributed by atoms with Gasteiger partial charge in [-0.25, -0.2) is 0 Å². The number of pyridine rings is 2. The zero-order chi connectivity index (χ0) is 25.1. The van der Waals surface area contributed by atoms with Crippen molar-refractivity contribution in [2.45, 2.75) is 19.9 Å². The molecule has 1 amide bonds. The van der Waals surface area contributed by atoms with E-state index in [0.29, 0.717) is 14.8 Å². The van der Waals surface area contributed by atoms with Gasteiger partial charge in [-0.1, -0.05) is 36.1 Å². The molecule has 1 fully saturated rings. The monoisotopic (exact) mass is 522 g/mol. The Morgan fingerprint density at radius 2 is 2.11 bits per heavy atom. The maximum Gasteiger partial charge on any atom is 0.271 e. The van der Waals surface area contributed by atoms with E-state index in [1.807, 2.05) is 23.6 Å². The Kier molecular flexibility index (Phi) is 7.25. The summed E-state index contributed by atoms with van der Waals surface area (Å²) in [5.41, 5.74) is -0.320. The molecular weight excluding hydrogens is 504 g/mol. The van der Waals surface area contributed by atoms with Crippen LogP contribution in [0.3, 0.4) is 0 Å². The molecule has 0 bridgehead atoms. The van der Waals surface area contributed by atoms with Crippen LogP contribution in [0.5, 0.6) is 5.88 Å². The van der Waals surface area contributed by atoms with Gasteiger partial charge < -0.3 is 5.11 Å². The zero-order valence-electron chi connectivity index (χ0n) is 18.4. The van der Waals surface area contributed by atoms with Crippen LogP contribution in [-0.2, 0) is 11.3 Å².